The molecular weight excluding hydrogens is 430 g/mol. The molecule has 0 bridgehead atoms. The predicted molar refractivity (Wildman–Crippen MR) is 134 cm³/mol. The minimum absolute atomic E-state index is 0.175. The molecule has 2 N–H and O–H groups in total. The molecule has 34 heavy (non-hydrogen) atoms. The first-order valence-electron chi connectivity index (χ1n) is 12.3. The second kappa shape index (κ2) is 10.5. The molecular formula is C27H35N3O4. The number of ether oxygens (including phenoxy) is 1. The van der Waals surface area contributed by atoms with Crippen molar-refractivity contribution in [2.24, 2.45) is 0 Å². The van der Waals surface area contributed by atoms with Crippen molar-refractivity contribution in [3.05, 3.63) is 59.7 Å². The quantitative estimate of drug-likeness (QED) is 0.597. The molecule has 1 heterocycles. The highest BCUT2D eigenvalue weighted by Gasteiger charge is 2.49. The van der Waals surface area contributed by atoms with Crippen LogP contribution in [0.2, 0.25) is 0 Å². The number of anilines is 2. The summed E-state index contributed by atoms with van der Waals surface area (Å²) in [5.74, 6) is -0.280. The highest BCUT2D eigenvalue weighted by Crippen LogP contribution is 2.36. The molecule has 2 amide bonds. The number of hydrogen-bond acceptors (Lipinski definition) is 4. The van der Waals surface area contributed by atoms with Crippen LogP contribution in [-0.2, 0) is 22.4 Å². The van der Waals surface area contributed by atoms with Gasteiger partial charge < -0.3 is 20.1 Å². The number of hydrogen-bond donors (Lipinski definition) is 2. The molecule has 7 heteroatoms. The van der Waals surface area contributed by atoms with Crippen molar-refractivity contribution < 1.29 is 19.4 Å². The Morgan fingerprint density at radius 3 is 2.41 bits per heavy atom. The smallest absolute Gasteiger partial charge is 0.408 e. The second-order valence-corrected chi connectivity index (χ2v) is 9.18. The standard InChI is InChI=1S/C27H35N3O4/c1-3-29(4-2)23-13-11-22(12-14-23)28-25(31)27(16-15-20-8-5-6-9-21(20)18-27)30(26(32)33)19-24-10-7-17-34-24/h5-6,8-9,11-14,24H,3-4,7,10,15-19H2,1-2H3,(H,28,31)(H,32,33)/t24?,27-/m0/s1. The molecule has 2 aromatic carbocycles. The van der Waals surface area contributed by atoms with Crippen LogP contribution in [0.5, 0.6) is 0 Å². The van der Waals surface area contributed by atoms with Gasteiger partial charge in [-0.3, -0.25) is 9.69 Å². The number of rotatable bonds is 8. The van der Waals surface area contributed by atoms with Gasteiger partial charge in [-0.2, -0.15) is 0 Å². The van der Waals surface area contributed by atoms with E-state index in [9.17, 15) is 14.7 Å². The van der Waals surface area contributed by atoms with Crippen LogP contribution in [0, 0.1) is 0 Å². The van der Waals surface area contributed by atoms with E-state index in [0.29, 0.717) is 31.6 Å². The van der Waals surface area contributed by atoms with Gasteiger partial charge in [-0.05, 0) is 74.9 Å². The Kier molecular flexibility index (Phi) is 7.41. The molecule has 0 saturated carbocycles. The van der Waals surface area contributed by atoms with E-state index in [4.69, 9.17) is 4.74 Å². The normalized spacial score (nSPS) is 21.5. The molecule has 1 unspecified atom stereocenters. The predicted octanol–water partition coefficient (Wildman–Crippen LogP) is 4.56. The Morgan fingerprint density at radius 1 is 1.09 bits per heavy atom. The highest BCUT2D eigenvalue weighted by molar-refractivity contribution is 6.00. The van der Waals surface area contributed by atoms with Gasteiger partial charge in [-0.25, -0.2) is 4.79 Å². The maximum Gasteiger partial charge on any atom is 0.408 e. The summed E-state index contributed by atoms with van der Waals surface area (Å²) in [6.07, 6.45) is 1.91. The van der Waals surface area contributed by atoms with E-state index in [1.807, 2.05) is 42.5 Å². The molecule has 2 aliphatic rings. The summed E-state index contributed by atoms with van der Waals surface area (Å²) in [6.45, 7) is 6.87. The van der Waals surface area contributed by atoms with E-state index in [0.717, 1.165) is 37.2 Å². The van der Waals surface area contributed by atoms with E-state index in [2.05, 4.69) is 30.1 Å². The molecule has 0 radical (unpaired) electrons. The first-order chi connectivity index (χ1) is 16.5. The van der Waals surface area contributed by atoms with Gasteiger partial charge >= 0.3 is 6.09 Å². The number of amides is 2. The van der Waals surface area contributed by atoms with Gasteiger partial charge in [-0.15, -0.1) is 0 Å². The fourth-order valence-corrected chi connectivity index (χ4v) is 5.29. The molecule has 7 nitrogen and oxygen atoms in total. The monoisotopic (exact) mass is 465 g/mol. The third-order valence-electron chi connectivity index (χ3n) is 7.24. The van der Waals surface area contributed by atoms with Crippen LogP contribution in [0.1, 0.15) is 44.2 Å². The summed E-state index contributed by atoms with van der Waals surface area (Å²) in [7, 11) is 0. The lowest BCUT2D eigenvalue weighted by molar-refractivity contribution is -0.129. The van der Waals surface area contributed by atoms with E-state index in [1.165, 1.54) is 10.5 Å². The summed E-state index contributed by atoms with van der Waals surface area (Å²) in [5.41, 5.74) is 2.77. The number of fused-ring (bicyclic) bond motifs is 1. The average molecular weight is 466 g/mol. The summed E-state index contributed by atoms with van der Waals surface area (Å²) in [6, 6.07) is 15.8. The maximum absolute atomic E-state index is 13.9. The van der Waals surface area contributed by atoms with E-state index >= 15 is 0 Å². The fourth-order valence-electron chi connectivity index (χ4n) is 5.29. The van der Waals surface area contributed by atoms with Crippen molar-refractivity contribution >= 4 is 23.4 Å². The van der Waals surface area contributed by atoms with Gasteiger partial charge in [0, 0.05) is 37.5 Å². The molecule has 0 aromatic heterocycles. The molecule has 2 aromatic rings. The van der Waals surface area contributed by atoms with Crippen molar-refractivity contribution in [1.29, 1.82) is 0 Å². The first kappa shape index (κ1) is 24.1. The Hall–Kier alpha value is -3.06. The topological polar surface area (TPSA) is 82.1 Å². The zero-order chi connectivity index (χ0) is 24.1. The molecule has 182 valence electrons. The third kappa shape index (κ3) is 4.89. The second-order valence-electron chi connectivity index (χ2n) is 9.18. The van der Waals surface area contributed by atoms with Gasteiger partial charge in [0.1, 0.15) is 5.54 Å². The molecule has 4 rings (SSSR count). The van der Waals surface area contributed by atoms with Gasteiger partial charge in [0.2, 0.25) is 0 Å². The molecule has 0 spiro atoms. The summed E-state index contributed by atoms with van der Waals surface area (Å²) in [5, 5.41) is 13.3. The van der Waals surface area contributed by atoms with Gasteiger partial charge in [0.25, 0.3) is 5.91 Å². The van der Waals surface area contributed by atoms with Crippen molar-refractivity contribution in [2.75, 3.05) is 36.5 Å². The zero-order valence-electron chi connectivity index (χ0n) is 20.1. The fraction of sp³-hybridized carbons (Fsp3) is 0.481. The van der Waals surface area contributed by atoms with E-state index in [1.54, 1.807) is 0 Å². The largest absolute Gasteiger partial charge is 0.465 e. The van der Waals surface area contributed by atoms with Crippen LogP contribution >= 0.6 is 0 Å². The van der Waals surface area contributed by atoms with Crippen LogP contribution < -0.4 is 10.2 Å². The van der Waals surface area contributed by atoms with Gasteiger partial charge in [-0.1, -0.05) is 24.3 Å². The van der Waals surface area contributed by atoms with Crippen molar-refractivity contribution in [2.45, 2.75) is 57.6 Å². The molecule has 1 fully saturated rings. The maximum atomic E-state index is 13.9. The van der Waals surface area contributed by atoms with Gasteiger partial charge in [0.05, 0.1) is 12.6 Å². The Balaban J connectivity index is 1.63. The van der Waals surface area contributed by atoms with Crippen LogP contribution in [0.25, 0.3) is 0 Å². The van der Waals surface area contributed by atoms with Crippen LogP contribution in [0.15, 0.2) is 48.5 Å². The molecule has 1 saturated heterocycles. The number of nitrogens with zero attached hydrogens (tertiary/aromatic N) is 2. The lowest BCUT2D eigenvalue weighted by Gasteiger charge is -2.44. The molecule has 2 atom stereocenters. The van der Waals surface area contributed by atoms with E-state index < -0.39 is 11.6 Å². The number of benzene rings is 2. The average Bonchev–Trinajstić information content (AvgIpc) is 3.37. The van der Waals surface area contributed by atoms with Gasteiger partial charge in [0.15, 0.2) is 0 Å². The van der Waals surface area contributed by atoms with Crippen LogP contribution in [-0.4, -0.2) is 59.9 Å². The third-order valence-corrected chi connectivity index (χ3v) is 7.24. The Morgan fingerprint density at radius 2 is 1.79 bits per heavy atom. The Labute approximate surface area is 201 Å². The number of aryl methyl sites for hydroxylation is 1. The number of nitrogens with one attached hydrogen (secondary N) is 1. The number of carbonyl (C=O) groups excluding carboxylic acids is 1. The minimum Gasteiger partial charge on any atom is -0.465 e. The summed E-state index contributed by atoms with van der Waals surface area (Å²) in [4.78, 5) is 30.0. The lowest BCUT2D eigenvalue weighted by atomic mass is 9.76. The van der Waals surface area contributed by atoms with Crippen LogP contribution in [0.4, 0.5) is 16.2 Å². The highest BCUT2D eigenvalue weighted by atomic mass is 16.5. The number of carbonyl (C=O) groups is 2. The SMILES string of the molecule is CCN(CC)c1ccc(NC(=O)[C@]2(N(CC3CCCO3)C(=O)O)CCc3ccccc3C2)cc1. The molecule has 1 aliphatic carbocycles. The van der Waals surface area contributed by atoms with Crippen LogP contribution in [0.3, 0.4) is 0 Å². The summed E-state index contributed by atoms with van der Waals surface area (Å²) >= 11 is 0. The first-order valence-corrected chi connectivity index (χ1v) is 12.3. The van der Waals surface area contributed by atoms with Crippen molar-refractivity contribution in [3.8, 4) is 0 Å². The van der Waals surface area contributed by atoms with Crippen molar-refractivity contribution in [3.63, 3.8) is 0 Å². The van der Waals surface area contributed by atoms with E-state index in [-0.39, 0.29) is 18.6 Å². The van der Waals surface area contributed by atoms with Crippen molar-refractivity contribution in [1.82, 2.24) is 4.90 Å². The summed E-state index contributed by atoms with van der Waals surface area (Å²) < 4.78 is 5.75. The number of carboxylic acid groups (broad SMARTS) is 1. The zero-order valence-corrected chi connectivity index (χ0v) is 20.1. The minimum atomic E-state index is -1.19. The lowest BCUT2D eigenvalue weighted by Crippen LogP contribution is -2.63. The Bertz CT molecular complexity index is 999. The molecule has 1 aliphatic heterocycles.